The summed E-state index contributed by atoms with van der Waals surface area (Å²) in [5, 5.41) is 4.14. The Balaban J connectivity index is 1.17. The summed E-state index contributed by atoms with van der Waals surface area (Å²) in [5.41, 5.74) is 22.6. The molecule has 2 heteroatoms. The van der Waals surface area contributed by atoms with Crippen molar-refractivity contribution in [1.29, 1.82) is 0 Å². The zero-order valence-corrected chi connectivity index (χ0v) is 33.3. The fourth-order valence-electron chi connectivity index (χ4n) is 9.83. The summed E-state index contributed by atoms with van der Waals surface area (Å²) in [7, 11) is 0. The molecule has 3 aliphatic rings. The molecule has 56 heavy (non-hydrogen) atoms. The van der Waals surface area contributed by atoms with Crippen LogP contribution in [0.2, 0.25) is 0 Å². The van der Waals surface area contributed by atoms with E-state index in [4.69, 9.17) is 12.6 Å². The van der Waals surface area contributed by atoms with Crippen molar-refractivity contribution in [3.8, 4) is 55.6 Å². The fourth-order valence-corrected chi connectivity index (χ4v) is 10.1. The van der Waals surface area contributed by atoms with E-state index >= 15 is 0 Å². The Bertz CT molecular complexity index is 2780. The normalized spacial score (nSPS) is 15.6. The van der Waals surface area contributed by atoms with E-state index in [2.05, 4.69) is 191 Å². The first-order valence-electron chi connectivity index (χ1n) is 19.9. The second-order valence-corrected chi connectivity index (χ2v) is 17.2. The van der Waals surface area contributed by atoms with Crippen LogP contribution in [0.4, 0.5) is 11.4 Å². The summed E-state index contributed by atoms with van der Waals surface area (Å²) in [4.78, 5) is 0.974. The largest absolute Gasteiger partial charge is 0.355 e. The van der Waals surface area contributed by atoms with Gasteiger partial charge in [0.2, 0.25) is 0 Å². The van der Waals surface area contributed by atoms with E-state index in [1.165, 1.54) is 66.9 Å². The lowest BCUT2D eigenvalue weighted by atomic mass is 9.77. The number of benzene rings is 7. The number of rotatable bonds is 6. The summed E-state index contributed by atoms with van der Waals surface area (Å²) in [6.07, 6.45) is 6.95. The molecule has 272 valence electrons. The van der Waals surface area contributed by atoms with Gasteiger partial charge in [-0.1, -0.05) is 161 Å². The minimum Gasteiger partial charge on any atom is -0.355 e. The van der Waals surface area contributed by atoms with E-state index < -0.39 is 0 Å². The van der Waals surface area contributed by atoms with Gasteiger partial charge < -0.3 is 5.32 Å². The van der Waals surface area contributed by atoms with E-state index in [1.807, 2.05) is 6.07 Å². The molecule has 0 aliphatic heterocycles. The van der Waals surface area contributed by atoms with Crippen molar-refractivity contribution in [3.05, 3.63) is 192 Å². The minimum absolute atomic E-state index is 0.00774. The first kappa shape index (κ1) is 34.6. The standard InChI is InChI=1S/C54H45NS/c1-53(2)47-22-11-8-20-43(47)45-26-25-37(33-49(45)53)42-27-28-46-44-21-9-12-23-48(44)54(3,4)51(46)52(42)55-40-31-38(34-15-6-5-7-16-34)30-39(32-40)35-17-14-18-36(29-35)41-19-10-13-24-50(41)56/h5-10,12-21,23-33,55-56H,11,22H2,1-4H3. The molecule has 0 aromatic heterocycles. The Morgan fingerprint density at radius 2 is 1.12 bits per heavy atom. The predicted molar refractivity (Wildman–Crippen MR) is 241 cm³/mol. The summed E-state index contributed by atoms with van der Waals surface area (Å²) >= 11 is 4.81. The molecule has 0 amide bonds. The van der Waals surface area contributed by atoms with Gasteiger partial charge in [-0.05, 0) is 127 Å². The Morgan fingerprint density at radius 3 is 1.95 bits per heavy atom. The minimum atomic E-state index is -0.208. The molecular weight excluding hydrogens is 695 g/mol. The Labute approximate surface area is 336 Å². The van der Waals surface area contributed by atoms with Crippen LogP contribution in [0.3, 0.4) is 0 Å². The van der Waals surface area contributed by atoms with Crippen LogP contribution in [0, 0.1) is 0 Å². The van der Waals surface area contributed by atoms with Crippen LogP contribution in [0.25, 0.3) is 61.2 Å². The highest BCUT2D eigenvalue weighted by Gasteiger charge is 2.40. The molecule has 7 aromatic rings. The fraction of sp³-hybridized carbons (Fsp3) is 0.148. The molecule has 0 saturated carbocycles. The lowest BCUT2D eigenvalue weighted by Gasteiger charge is -2.28. The van der Waals surface area contributed by atoms with Gasteiger partial charge in [0.25, 0.3) is 0 Å². The van der Waals surface area contributed by atoms with Crippen LogP contribution in [0.5, 0.6) is 0 Å². The number of hydrogen-bond donors (Lipinski definition) is 2. The number of nitrogens with one attached hydrogen (secondary N) is 1. The quantitative estimate of drug-likeness (QED) is 0.162. The van der Waals surface area contributed by atoms with E-state index in [1.54, 1.807) is 5.57 Å². The number of hydrogen-bond acceptors (Lipinski definition) is 2. The Hall–Kier alpha value is -5.83. The molecule has 0 atom stereocenters. The topological polar surface area (TPSA) is 12.0 Å². The number of fused-ring (bicyclic) bond motifs is 5. The first-order valence-corrected chi connectivity index (χ1v) is 20.3. The van der Waals surface area contributed by atoms with Gasteiger partial charge in [0.15, 0.2) is 0 Å². The van der Waals surface area contributed by atoms with Gasteiger partial charge in [0.05, 0.1) is 5.69 Å². The zero-order valence-electron chi connectivity index (χ0n) is 32.4. The van der Waals surface area contributed by atoms with Crippen LogP contribution >= 0.6 is 12.6 Å². The van der Waals surface area contributed by atoms with Crippen molar-refractivity contribution in [2.24, 2.45) is 0 Å². The molecule has 0 spiro atoms. The highest BCUT2D eigenvalue weighted by molar-refractivity contribution is 7.80. The first-order chi connectivity index (χ1) is 27.2. The monoisotopic (exact) mass is 739 g/mol. The Kier molecular flexibility index (Phi) is 8.13. The van der Waals surface area contributed by atoms with Crippen LogP contribution in [0.15, 0.2) is 174 Å². The third kappa shape index (κ3) is 5.53. The smallest absolute Gasteiger partial charge is 0.0511 e. The maximum absolute atomic E-state index is 4.81. The average molecular weight is 740 g/mol. The summed E-state index contributed by atoms with van der Waals surface area (Å²) in [5.74, 6) is 0. The van der Waals surface area contributed by atoms with Crippen molar-refractivity contribution in [1.82, 2.24) is 0 Å². The lowest BCUT2D eigenvalue weighted by molar-refractivity contribution is 0.607. The van der Waals surface area contributed by atoms with Crippen molar-refractivity contribution < 1.29 is 0 Å². The van der Waals surface area contributed by atoms with E-state index in [-0.39, 0.29) is 10.8 Å². The average Bonchev–Trinajstić information content (AvgIpc) is 3.61. The maximum atomic E-state index is 4.81. The molecule has 0 fully saturated rings. The molecule has 1 nitrogen and oxygen atoms in total. The lowest BCUT2D eigenvalue weighted by Crippen LogP contribution is -2.18. The van der Waals surface area contributed by atoms with Crippen LogP contribution in [-0.2, 0) is 10.8 Å². The van der Waals surface area contributed by atoms with E-state index in [0.717, 1.165) is 45.7 Å². The Morgan fingerprint density at radius 1 is 0.482 bits per heavy atom. The van der Waals surface area contributed by atoms with Crippen LogP contribution in [-0.4, -0.2) is 0 Å². The number of anilines is 2. The van der Waals surface area contributed by atoms with Gasteiger partial charge in [-0.2, -0.15) is 0 Å². The highest BCUT2D eigenvalue weighted by Crippen LogP contribution is 2.56. The van der Waals surface area contributed by atoms with Crippen molar-refractivity contribution in [2.45, 2.75) is 56.3 Å². The molecule has 0 heterocycles. The number of allylic oxidation sites excluding steroid dienone is 4. The van der Waals surface area contributed by atoms with Gasteiger partial charge in [0, 0.05) is 27.0 Å². The summed E-state index contributed by atoms with van der Waals surface area (Å²) in [6.45, 7) is 9.61. The zero-order chi connectivity index (χ0) is 38.2. The van der Waals surface area contributed by atoms with E-state index in [0.29, 0.717) is 0 Å². The molecule has 0 radical (unpaired) electrons. The SMILES string of the molecule is CC1(C)C2=C(C=CCC2)c2ccc(-c3ccc4c(c3Nc3cc(-c5ccccc5)cc(-c5cccc(-c6ccccc6S)c5)c3)C(C)(C)c3ccccc3-4)cc21. The maximum Gasteiger partial charge on any atom is 0.0511 e. The van der Waals surface area contributed by atoms with Gasteiger partial charge in [-0.15, -0.1) is 12.6 Å². The van der Waals surface area contributed by atoms with Crippen molar-refractivity contribution in [2.75, 3.05) is 5.32 Å². The molecule has 0 bridgehead atoms. The second-order valence-electron chi connectivity index (χ2n) is 16.7. The van der Waals surface area contributed by atoms with Crippen LogP contribution in [0.1, 0.15) is 62.8 Å². The molecule has 1 N–H and O–H groups in total. The third-order valence-electron chi connectivity index (χ3n) is 12.7. The molecule has 0 unspecified atom stereocenters. The van der Waals surface area contributed by atoms with Crippen LogP contribution < -0.4 is 5.32 Å². The summed E-state index contributed by atoms with van der Waals surface area (Å²) in [6, 6.07) is 55.8. The molecular formula is C54H45NS. The number of thiol groups is 1. The van der Waals surface area contributed by atoms with Gasteiger partial charge in [-0.3, -0.25) is 0 Å². The van der Waals surface area contributed by atoms with Crippen molar-refractivity contribution in [3.63, 3.8) is 0 Å². The van der Waals surface area contributed by atoms with Crippen molar-refractivity contribution >= 4 is 29.6 Å². The highest BCUT2D eigenvalue weighted by atomic mass is 32.1. The van der Waals surface area contributed by atoms with Gasteiger partial charge in [-0.25, -0.2) is 0 Å². The molecule has 7 aromatic carbocycles. The molecule has 0 saturated heterocycles. The van der Waals surface area contributed by atoms with Gasteiger partial charge >= 0.3 is 0 Å². The van der Waals surface area contributed by atoms with E-state index in [9.17, 15) is 0 Å². The third-order valence-corrected chi connectivity index (χ3v) is 13.1. The molecule has 10 rings (SSSR count). The predicted octanol–water partition coefficient (Wildman–Crippen LogP) is 15.1. The van der Waals surface area contributed by atoms with Gasteiger partial charge in [0.1, 0.15) is 0 Å². The molecule has 3 aliphatic carbocycles. The summed E-state index contributed by atoms with van der Waals surface area (Å²) < 4.78 is 0. The second kappa shape index (κ2) is 13.1.